The van der Waals surface area contributed by atoms with Crippen molar-refractivity contribution in [2.75, 3.05) is 13.1 Å². The molecule has 1 aromatic rings. The van der Waals surface area contributed by atoms with Gasteiger partial charge in [0.05, 0.1) is 0 Å². The molecule has 0 aliphatic heterocycles. The molecule has 15 heavy (non-hydrogen) atoms. The Labute approximate surface area is 97.2 Å². The Kier molecular flexibility index (Phi) is 6.37. The molecule has 0 fully saturated rings. The molecule has 0 aromatic carbocycles. The Bertz CT molecular complexity index is 275. The highest BCUT2D eigenvalue weighted by molar-refractivity contribution is 7.09. The standard InChI is InChI=1S/C13H21NS/c1-3-8-14-9-4-6-12(2)11-13-7-5-10-15-13/h5-7,10,14H,3-4,8-9,11H2,1-2H3. The predicted molar refractivity (Wildman–Crippen MR) is 69.6 cm³/mol. The van der Waals surface area contributed by atoms with Crippen molar-refractivity contribution in [3.05, 3.63) is 34.0 Å². The molecule has 0 spiro atoms. The molecule has 1 rings (SSSR count). The fourth-order valence-corrected chi connectivity index (χ4v) is 2.28. The number of rotatable bonds is 7. The average Bonchev–Trinajstić information content (AvgIpc) is 2.70. The highest BCUT2D eigenvalue weighted by atomic mass is 32.1. The van der Waals surface area contributed by atoms with Gasteiger partial charge in [-0.15, -0.1) is 11.3 Å². The smallest absolute Gasteiger partial charge is 0.00855 e. The molecular weight excluding hydrogens is 202 g/mol. The van der Waals surface area contributed by atoms with Gasteiger partial charge in [-0.25, -0.2) is 0 Å². The average molecular weight is 223 g/mol. The van der Waals surface area contributed by atoms with E-state index in [0.717, 1.165) is 25.9 Å². The molecule has 1 aromatic heterocycles. The number of allylic oxidation sites excluding steroid dienone is 1. The van der Waals surface area contributed by atoms with Gasteiger partial charge in [-0.2, -0.15) is 0 Å². The summed E-state index contributed by atoms with van der Waals surface area (Å²) in [5.41, 5.74) is 1.48. The van der Waals surface area contributed by atoms with E-state index in [1.165, 1.54) is 16.9 Å². The molecule has 0 bridgehead atoms. The van der Waals surface area contributed by atoms with E-state index < -0.39 is 0 Å². The van der Waals surface area contributed by atoms with Crippen molar-refractivity contribution in [3.63, 3.8) is 0 Å². The van der Waals surface area contributed by atoms with Gasteiger partial charge >= 0.3 is 0 Å². The van der Waals surface area contributed by atoms with Crippen LogP contribution in [0.4, 0.5) is 0 Å². The molecule has 0 saturated carbocycles. The first-order valence-corrected chi connectivity index (χ1v) is 6.59. The first-order valence-electron chi connectivity index (χ1n) is 5.71. The minimum absolute atomic E-state index is 1.11. The van der Waals surface area contributed by atoms with Gasteiger partial charge in [0.25, 0.3) is 0 Å². The molecular formula is C13H21NS. The van der Waals surface area contributed by atoms with Gasteiger partial charge in [0.2, 0.25) is 0 Å². The van der Waals surface area contributed by atoms with Crippen LogP contribution in [0.2, 0.25) is 0 Å². The van der Waals surface area contributed by atoms with E-state index in [1.807, 2.05) is 11.3 Å². The van der Waals surface area contributed by atoms with E-state index in [4.69, 9.17) is 0 Å². The molecule has 1 nitrogen and oxygen atoms in total. The number of hydrogen-bond donors (Lipinski definition) is 1. The largest absolute Gasteiger partial charge is 0.316 e. The lowest BCUT2D eigenvalue weighted by Gasteiger charge is -2.01. The first-order chi connectivity index (χ1) is 7.33. The van der Waals surface area contributed by atoms with Crippen molar-refractivity contribution >= 4 is 11.3 Å². The summed E-state index contributed by atoms with van der Waals surface area (Å²) in [6.45, 7) is 6.66. The zero-order chi connectivity index (χ0) is 10.9. The van der Waals surface area contributed by atoms with Crippen LogP contribution in [-0.4, -0.2) is 13.1 Å². The van der Waals surface area contributed by atoms with Gasteiger partial charge in [-0.1, -0.05) is 24.6 Å². The van der Waals surface area contributed by atoms with E-state index in [-0.39, 0.29) is 0 Å². The van der Waals surface area contributed by atoms with Gasteiger partial charge in [-0.3, -0.25) is 0 Å². The topological polar surface area (TPSA) is 12.0 Å². The third kappa shape index (κ3) is 5.75. The van der Waals surface area contributed by atoms with Crippen LogP contribution in [0.15, 0.2) is 29.2 Å². The molecule has 2 heteroatoms. The van der Waals surface area contributed by atoms with Crippen LogP contribution >= 0.6 is 11.3 Å². The van der Waals surface area contributed by atoms with Crippen molar-refractivity contribution in [1.82, 2.24) is 5.32 Å². The highest BCUT2D eigenvalue weighted by Crippen LogP contribution is 2.13. The Hall–Kier alpha value is -0.600. The van der Waals surface area contributed by atoms with Crippen LogP contribution in [0.5, 0.6) is 0 Å². The van der Waals surface area contributed by atoms with Crippen molar-refractivity contribution in [1.29, 1.82) is 0 Å². The Morgan fingerprint density at radius 2 is 2.33 bits per heavy atom. The monoisotopic (exact) mass is 223 g/mol. The van der Waals surface area contributed by atoms with Gasteiger partial charge in [0.1, 0.15) is 0 Å². The minimum Gasteiger partial charge on any atom is -0.316 e. The summed E-state index contributed by atoms with van der Waals surface area (Å²) >= 11 is 1.84. The third-order valence-electron chi connectivity index (χ3n) is 2.27. The molecule has 1 N–H and O–H groups in total. The maximum Gasteiger partial charge on any atom is 0.00855 e. The molecule has 0 aliphatic rings. The van der Waals surface area contributed by atoms with Crippen molar-refractivity contribution in [2.45, 2.75) is 33.1 Å². The lowest BCUT2D eigenvalue weighted by molar-refractivity contribution is 0.677. The molecule has 0 radical (unpaired) electrons. The van der Waals surface area contributed by atoms with Gasteiger partial charge in [0, 0.05) is 11.3 Å². The number of nitrogens with one attached hydrogen (secondary N) is 1. The van der Waals surface area contributed by atoms with Crippen LogP contribution in [-0.2, 0) is 6.42 Å². The van der Waals surface area contributed by atoms with Crippen molar-refractivity contribution in [2.24, 2.45) is 0 Å². The molecule has 0 amide bonds. The van der Waals surface area contributed by atoms with Gasteiger partial charge < -0.3 is 5.32 Å². The molecule has 84 valence electrons. The summed E-state index contributed by atoms with van der Waals surface area (Å²) in [7, 11) is 0. The van der Waals surface area contributed by atoms with E-state index in [2.05, 4.69) is 42.8 Å². The zero-order valence-corrected chi connectivity index (χ0v) is 10.6. The molecule has 0 saturated heterocycles. The Morgan fingerprint density at radius 1 is 1.47 bits per heavy atom. The molecule has 1 heterocycles. The quantitative estimate of drug-likeness (QED) is 0.550. The summed E-state index contributed by atoms with van der Waals surface area (Å²) in [5, 5.41) is 5.55. The van der Waals surface area contributed by atoms with Crippen LogP contribution in [0.1, 0.15) is 31.6 Å². The van der Waals surface area contributed by atoms with Crippen LogP contribution in [0.25, 0.3) is 0 Å². The first kappa shape index (κ1) is 12.5. The van der Waals surface area contributed by atoms with E-state index in [9.17, 15) is 0 Å². The number of thiophene rings is 1. The third-order valence-corrected chi connectivity index (χ3v) is 3.15. The second-order valence-electron chi connectivity index (χ2n) is 3.85. The highest BCUT2D eigenvalue weighted by Gasteiger charge is 1.94. The second kappa shape index (κ2) is 7.66. The summed E-state index contributed by atoms with van der Waals surface area (Å²) in [6, 6.07) is 4.33. The zero-order valence-electron chi connectivity index (χ0n) is 9.75. The van der Waals surface area contributed by atoms with Crippen molar-refractivity contribution < 1.29 is 0 Å². The fourth-order valence-electron chi connectivity index (χ4n) is 1.48. The lowest BCUT2D eigenvalue weighted by atomic mass is 10.1. The predicted octanol–water partition coefficient (Wildman–Crippen LogP) is 3.63. The van der Waals surface area contributed by atoms with Gasteiger partial charge in [0.15, 0.2) is 0 Å². The summed E-state index contributed by atoms with van der Waals surface area (Å²) in [5.74, 6) is 0. The van der Waals surface area contributed by atoms with E-state index in [1.54, 1.807) is 0 Å². The lowest BCUT2D eigenvalue weighted by Crippen LogP contribution is -2.15. The Balaban J connectivity index is 2.16. The normalized spacial score (nSPS) is 12.0. The van der Waals surface area contributed by atoms with E-state index in [0.29, 0.717) is 0 Å². The van der Waals surface area contributed by atoms with Crippen LogP contribution in [0.3, 0.4) is 0 Å². The summed E-state index contributed by atoms with van der Waals surface area (Å²) in [4.78, 5) is 1.46. The van der Waals surface area contributed by atoms with Crippen LogP contribution < -0.4 is 5.32 Å². The fraction of sp³-hybridized carbons (Fsp3) is 0.538. The van der Waals surface area contributed by atoms with Crippen LogP contribution in [0, 0.1) is 0 Å². The molecule has 0 unspecified atom stereocenters. The Morgan fingerprint density at radius 3 is 3.00 bits per heavy atom. The SMILES string of the molecule is CCCNCCC=C(C)Cc1cccs1. The molecule has 0 aliphatic carbocycles. The maximum atomic E-state index is 3.41. The summed E-state index contributed by atoms with van der Waals surface area (Å²) < 4.78 is 0. The maximum absolute atomic E-state index is 3.41. The molecule has 0 atom stereocenters. The van der Waals surface area contributed by atoms with Gasteiger partial charge in [-0.05, 0) is 44.3 Å². The van der Waals surface area contributed by atoms with E-state index >= 15 is 0 Å². The minimum atomic E-state index is 1.11. The number of hydrogen-bond acceptors (Lipinski definition) is 2. The summed E-state index contributed by atoms with van der Waals surface area (Å²) in [6.07, 6.45) is 5.84. The second-order valence-corrected chi connectivity index (χ2v) is 4.88. The van der Waals surface area contributed by atoms with Crippen molar-refractivity contribution in [3.8, 4) is 0 Å².